The average molecular weight is 180 g/mol. The molecule has 4 aliphatic rings. The number of rotatable bonds is 0. The molecule has 0 aliphatic heterocycles. The molecule has 0 heteroatoms. The van der Waals surface area contributed by atoms with E-state index in [1.807, 2.05) is 0 Å². The molecule has 0 bridgehead atoms. The molecular formula is C14H12. The normalized spacial score (nSPS) is 26.9. The molecule has 0 fully saturated rings. The van der Waals surface area contributed by atoms with Gasteiger partial charge in [-0.05, 0) is 48.0 Å². The fraction of sp³-hybridized carbons (Fsp3) is 0.286. The van der Waals surface area contributed by atoms with Crippen molar-refractivity contribution in [2.45, 2.75) is 25.7 Å². The lowest BCUT2D eigenvalue weighted by atomic mass is 10.0. The molecule has 0 spiro atoms. The van der Waals surface area contributed by atoms with Crippen molar-refractivity contribution in [2.75, 3.05) is 0 Å². The fourth-order valence-electron chi connectivity index (χ4n) is 3.21. The molecule has 0 N–H and O–H groups in total. The molecule has 4 rings (SSSR count). The highest BCUT2D eigenvalue weighted by Gasteiger charge is 2.32. The molecule has 0 nitrogen and oxygen atoms in total. The summed E-state index contributed by atoms with van der Waals surface area (Å²) in [6, 6.07) is 0. The first kappa shape index (κ1) is 7.05. The van der Waals surface area contributed by atoms with Gasteiger partial charge in [0, 0.05) is 0 Å². The van der Waals surface area contributed by atoms with Gasteiger partial charge in [-0.15, -0.1) is 0 Å². The van der Waals surface area contributed by atoms with E-state index in [9.17, 15) is 0 Å². The highest BCUT2D eigenvalue weighted by atomic mass is 14.4. The Labute approximate surface area is 84.0 Å². The third kappa shape index (κ3) is 0.672. The quantitative estimate of drug-likeness (QED) is 0.534. The summed E-state index contributed by atoms with van der Waals surface area (Å²) in [5.74, 6) is 0. The van der Waals surface area contributed by atoms with E-state index >= 15 is 0 Å². The van der Waals surface area contributed by atoms with Gasteiger partial charge in [0.15, 0.2) is 0 Å². The highest BCUT2D eigenvalue weighted by molar-refractivity contribution is 5.69. The van der Waals surface area contributed by atoms with Gasteiger partial charge in [-0.25, -0.2) is 0 Å². The summed E-state index contributed by atoms with van der Waals surface area (Å²) in [5.41, 5.74) is 9.82. The monoisotopic (exact) mass is 180 g/mol. The summed E-state index contributed by atoms with van der Waals surface area (Å²) in [4.78, 5) is 0. The van der Waals surface area contributed by atoms with E-state index in [-0.39, 0.29) is 0 Å². The second kappa shape index (κ2) is 2.20. The summed E-state index contributed by atoms with van der Waals surface area (Å²) in [5, 5.41) is 0. The van der Waals surface area contributed by atoms with Crippen LogP contribution in [0.15, 0.2) is 57.7 Å². The molecule has 0 aromatic rings. The van der Waals surface area contributed by atoms with Crippen LogP contribution in [0.5, 0.6) is 0 Å². The molecule has 4 aliphatic carbocycles. The van der Waals surface area contributed by atoms with Crippen LogP contribution in [0.2, 0.25) is 0 Å². The summed E-state index contributed by atoms with van der Waals surface area (Å²) in [6.45, 7) is 0. The van der Waals surface area contributed by atoms with Crippen molar-refractivity contribution in [2.24, 2.45) is 0 Å². The third-order valence-corrected chi connectivity index (χ3v) is 3.85. The Balaban J connectivity index is 1.85. The topological polar surface area (TPSA) is 0 Å². The van der Waals surface area contributed by atoms with Crippen LogP contribution < -0.4 is 0 Å². The summed E-state index contributed by atoms with van der Waals surface area (Å²) < 4.78 is 0. The molecule has 14 heavy (non-hydrogen) atoms. The Hall–Kier alpha value is -1.30. The van der Waals surface area contributed by atoms with Crippen molar-refractivity contribution in [1.29, 1.82) is 0 Å². The van der Waals surface area contributed by atoms with Crippen molar-refractivity contribution in [1.82, 2.24) is 0 Å². The molecule has 0 saturated heterocycles. The van der Waals surface area contributed by atoms with Crippen LogP contribution in [0.1, 0.15) is 25.7 Å². The van der Waals surface area contributed by atoms with E-state index in [2.05, 4.69) is 24.3 Å². The van der Waals surface area contributed by atoms with Gasteiger partial charge < -0.3 is 0 Å². The molecule has 0 unspecified atom stereocenters. The fourth-order valence-corrected chi connectivity index (χ4v) is 3.21. The molecule has 68 valence electrons. The van der Waals surface area contributed by atoms with E-state index in [1.54, 1.807) is 33.4 Å². The minimum absolute atomic E-state index is 1.20. The number of allylic oxidation sites excluding steroid dienone is 10. The van der Waals surface area contributed by atoms with Crippen molar-refractivity contribution < 1.29 is 0 Å². The van der Waals surface area contributed by atoms with Crippen LogP contribution in [-0.4, -0.2) is 0 Å². The van der Waals surface area contributed by atoms with Crippen LogP contribution in [0.25, 0.3) is 0 Å². The van der Waals surface area contributed by atoms with Gasteiger partial charge in [0.25, 0.3) is 0 Å². The maximum atomic E-state index is 2.34. The number of hydrogen-bond donors (Lipinski definition) is 0. The van der Waals surface area contributed by atoms with E-state index in [1.165, 1.54) is 25.7 Å². The summed E-state index contributed by atoms with van der Waals surface area (Å²) >= 11 is 0. The lowest BCUT2D eigenvalue weighted by Gasteiger charge is -2.02. The number of fused-ring (bicyclic) bond motifs is 2. The predicted molar refractivity (Wildman–Crippen MR) is 57.8 cm³/mol. The molecule has 0 saturated carbocycles. The second-order valence-electron chi connectivity index (χ2n) is 4.56. The first-order chi connectivity index (χ1) is 6.93. The molecule has 0 heterocycles. The first-order valence-corrected chi connectivity index (χ1v) is 5.43. The zero-order chi connectivity index (χ0) is 9.12. The maximum absolute atomic E-state index is 2.34. The van der Waals surface area contributed by atoms with Crippen LogP contribution in [-0.2, 0) is 0 Å². The lowest BCUT2D eigenvalue weighted by Crippen LogP contribution is -1.84. The lowest BCUT2D eigenvalue weighted by molar-refractivity contribution is 1.09. The first-order valence-electron chi connectivity index (χ1n) is 5.43. The average Bonchev–Trinajstić information content (AvgIpc) is 2.80. The van der Waals surface area contributed by atoms with Gasteiger partial charge in [0.05, 0.1) is 0 Å². The minimum atomic E-state index is 1.20. The molecular weight excluding hydrogens is 168 g/mol. The van der Waals surface area contributed by atoms with Crippen LogP contribution in [0.4, 0.5) is 0 Å². The zero-order valence-corrected chi connectivity index (χ0v) is 8.14. The number of hydrogen-bond acceptors (Lipinski definition) is 0. The molecule has 0 aromatic carbocycles. The van der Waals surface area contributed by atoms with Crippen LogP contribution in [0, 0.1) is 0 Å². The van der Waals surface area contributed by atoms with Crippen molar-refractivity contribution >= 4 is 0 Å². The Bertz CT molecular complexity index is 444. The summed E-state index contributed by atoms with van der Waals surface area (Å²) in [6.07, 6.45) is 14.2. The van der Waals surface area contributed by atoms with E-state index < -0.39 is 0 Å². The van der Waals surface area contributed by atoms with Gasteiger partial charge in [-0.1, -0.05) is 35.5 Å². The maximum Gasteiger partial charge on any atom is -0.00459 e. The Morgan fingerprint density at radius 1 is 0.714 bits per heavy atom. The largest absolute Gasteiger partial charge is 0.0798 e. The Morgan fingerprint density at radius 3 is 1.71 bits per heavy atom. The van der Waals surface area contributed by atoms with Crippen molar-refractivity contribution in [3.63, 3.8) is 0 Å². The minimum Gasteiger partial charge on any atom is -0.0798 e. The van der Waals surface area contributed by atoms with Crippen molar-refractivity contribution in [3.05, 3.63) is 57.7 Å². The predicted octanol–water partition coefficient (Wildman–Crippen LogP) is 3.60. The molecule has 0 amide bonds. The standard InChI is InChI=1S/C14H12/c1-3-9-7-14-12-6-2-4-10(12)8-13(14)11(9)5-1/h1-2,5-6H,3-4,7-8H2. The van der Waals surface area contributed by atoms with Gasteiger partial charge in [-0.3, -0.25) is 0 Å². The zero-order valence-electron chi connectivity index (χ0n) is 8.14. The van der Waals surface area contributed by atoms with E-state index in [4.69, 9.17) is 0 Å². The molecule has 0 atom stereocenters. The third-order valence-electron chi connectivity index (χ3n) is 3.85. The van der Waals surface area contributed by atoms with Crippen molar-refractivity contribution in [3.8, 4) is 0 Å². The van der Waals surface area contributed by atoms with Gasteiger partial charge in [0.1, 0.15) is 0 Å². The van der Waals surface area contributed by atoms with Crippen LogP contribution in [0.3, 0.4) is 0 Å². The Morgan fingerprint density at radius 2 is 1.21 bits per heavy atom. The smallest absolute Gasteiger partial charge is 0.00459 e. The molecule has 0 aromatic heterocycles. The molecule has 0 radical (unpaired) electrons. The SMILES string of the molecule is C1=CC2=C(C1)CC1=C2CC2=C1C=CC2. The highest BCUT2D eigenvalue weighted by Crippen LogP contribution is 2.51. The van der Waals surface area contributed by atoms with Crippen LogP contribution >= 0.6 is 0 Å². The van der Waals surface area contributed by atoms with Gasteiger partial charge >= 0.3 is 0 Å². The van der Waals surface area contributed by atoms with E-state index in [0.29, 0.717) is 0 Å². The Kier molecular flexibility index (Phi) is 1.11. The summed E-state index contributed by atoms with van der Waals surface area (Å²) in [7, 11) is 0. The second-order valence-corrected chi connectivity index (χ2v) is 4.56. The van der Waals surface area contributed by atoms with E-state index in [0.717, 1.165) is 0 Å². The van der Waals surface area contributed by atoms with Gasteiger partial charge in [0.2, 0.25) is 0 Å². The van der Waals surface area contributed by atoms with Gasteiger partial charge in [-0.2, -0.15) is 0 Å².